The third-order valence-corrected chi connectivity index (χ3v) is 12.3. The van der Waals surface area contributed by atoms with E-state index in [1.165, 1.54) is 63.6 Å². The van der Waals surface area contributed by atoms with Crippen molar-refractivity contribution in [3.8, 4) is 11.1 Å². The summed E-state index contributed by atoms with van der Waals surface area (Å²) in [4.78, 5) is 4.83. The molecule has 268 valence electrons. The summed E-state index contributed by atoms with van der Waals surface area (Å²) in [6.45, 7) is 0. The molecule has 0 radical (unpaired) electrons. The van der Waals surface area contributed by atoms with Crippen LogP contribution in [0.5, 0.6) is 0 Å². The van der Waals surface area contributed by atoms with E-state index in [0.29, 0.717) is 0 Å². The number of benzene rings is 10. The second kappa shape index (κ2) is 13.8. The molecule has 10 aromatic carbocycles. The van der Waals surface area contributed by atoms with Crippen LogP contribution in [-0.2, 0) is 0 Å². The minimum atomic E-state index is 1.09. The van der Waals surface area contributed by atoms with Gasteiger partial charge in [-0.3, -0.25) is 0 Å². The lowest BCUT2D eigenvalue weighted by Gasteiger charge is -2.31. The lowest BCUT2D eigenvalue weighted by Crippen LogP contribution is -2.13. The van der Waals surface area contributed by atoms with Crippen molar-refractivity contribution >= 4 is 98.0 Å². The molecule has 11 aromatic rings. The van der Waals surface area contributed by atoms with Crippen molar-refractivity contribution < 1.29 is 0 Å². The first kappa shape index (κ1) is 33.2. The van der Waals surface area contributed by atoms with Gasteiger partial charge in [0, 0.05) is 54.0 Å². The van der Waals surface area contributed by atoms with Gasteiger partial charge in [0.05, 0.1) is 5.69 Å². The van der Waals surface area contributed by atoms with Crippen molar-refractivity contribution in [2.24, 2.45) is 0 Å². The Hall–Kier alpha value is -7.20. The van der Waals surface area contributed by atoms with Crippen LogP contribution >= 0.6 is 11.3 Å². The van der Waals surface area contributed by atoms with E-state index in [1.54, 1.807) is 0 Å². The number of thiophene rings is 1. The number of nitrogens with zero attached hydrogens (tertiary/aromatic N) is 2. The summed E-state index contributed by atoms with van der Waals surface area (Å²) in [5.74, 6) is 0. The lowest BCUT2D eigenvalue weighted by atomic mass is 9.94. The van der Waals surface area contributed by atoms with Gasteiger partial charge < -0.3 is 9.80 Å². The highest BCUT2D eigenvalue weighted by Gasteiger charge is 2.22. The van der Waals surface area contributed by atoms with Crippen LogP contribution in [0.25, 0.3) is 63.6 Å². The van der Waals surface area contributed by atoms with E-state index < -0.39 is 0 Å². The molecular weight excluding hydrogens is 709 g/mol. The largest absolute Gasteiger partial charge is 0.310 e. The topological polar surface area (TPSA) is 6.48 Å². The molecule has 0 saturated heterocycles. The Morgan fingerprint density at radius 3 is 1.56 bits per heavy atom. The molecule has 0 saturated carbocycles. The lowest BCUT2D eigenvalue weighted by molar-refractivity contribution is 1.26. The first-order valence-corrected chi connectivity index (χ1v) is 20.2. The molecule has 57 heavy (non-hydrogen) atoms. The van der Waals surface area contributed by atoms with Gasteiger partial charge >= 0.3 is 0 Å². The van der Waals surface area contributed by atoms with Crippen LogP contribution in [0.3, 0.4) is 0 Å². The molecule has 0 aliphatic heterocycles. The van der Waals surface area contributed by atoms with Gasteiger partial charge in [-0.15, -0.1) is 11.3 Å². The molecule has 0 atom stereocenters. The summed E-state index contributed by atoms with van der Waals surface area (Å²) in [6, 6.07) is 79.6. The Kier molecular flexibility index (Phi) is 8.04. The third-order valence-electron chi connectivity index (χ3n) is 11.2. The Morgan fingerprint density at radius 1 is 0.263 bits per heavy atom. The Bertz CT molecular complexity index is 3200. The van der Waals surface area contributed by atoms with Gasteiger partial charge in [-0.25, -0.2) is 0 Å². The third kappa shape index (κ3) is 5.88. The summed E-state index contributed by atoms with van der Waals surface area (Å²) in [6.07, 6.45) is 0. The SMILES string of the molecule is c1ccc(N(c2ccccc2)c2cc(N(c3ccccc3)c3ccc4c(c3)sc3ccccc34)c3ccc4ccc(-c5ccc6ccccc6c5)cc4c3c2)cc1. The van der Waals surface area contributed by atoms with E-state index in [2.05, 4.69) is 228 Å². The number of fused-ring (bicyclic) bond motifs is 7. The minimum Gasteiger partial charge on any atom is -0.310 e. The smallest absolute Gasteiger partial charge is 0.0561 e. The van der Waals surface area contributed by atoms with E-state index in [1.807, 2.05) is 11.3 Å². The fourth-order valence-electron chi connectivity index (χ4n) is 8.45. The number of rotatable bonds is 7. The second-order valence-corrected chi connectivity index (χ2v) is 15.7. The Labute approximate surface area is 335 Å². The van der Waals surface area contributed by atoms with E-state index in [4.69, 9.17) is 0 Å². The average molecular weight is 745 g/mol. The average Bonchev–Trinajstić information content (AvgIpc) is 3.65. The maximum atomic E-state index is 2.45. The molecule has 1 aromatic heterocycles. The molecule has 0 unspecified atom stereocenters. The van der Waals surface area contributed by atoms with Crippen molar-refractivity contribution in [1.29, 1.82) is 0 Å². The quantitative estimate of drug-likeness (QED) is 0.150. The Balaban J connectivity index is 1.21. The monoisotopic (exact) mass is 744 g/mol. The van der Waals surface area contributed by atoms with E-state index in [-0.39, 0.29) is 0 Å². The van der Waals surface area contributed by atoms with Crippen LogP contribution in [0, 0.1) is 0 Å². The molecule has 0 aliphatic rings. The van der Waals surface area contributed by atoms with Gasteiger partial charge in [-0.05, 0) is 117 Å². The van der Waals surface area contributed by atoms with Gasteiger partial charge in [0.15, 0.2) is 0 Å². The van der Waals surface area contributed by atoms with Gasteiger partial charge in [-0.2, -0.15) is 0 Å². The van der Waals surface area contributed by atoms with Crippen LogP contribution in [0.15, 0.2) is 218 Å². The number of hydrogen-bond donors (Lipinski definition) is 0. The van der Waals surface area contributed by atoms with Crippen molar-refractivity contribution in [2.75, 3.05) is 9.80 Å². The second-order valence-electron chi connectivity index (χ2n) is 14.6. The first-order valence-electron chi connectivity index (χ1n) is 19.4. The van der Waals surface area contributed by atoms with Crippen LogP contribution < -0.4 is 9.80 Å². The standard InChI is InChI=1S/C54H36N2S/c1-4-16-42(17-5-1)55(43-18-6-2-7-19-43)46-34-51-47(30-28-38-25-27-41(33-50(38)51)40-26-24-37-14-10-11-15-39(37)32-40)52(35-46)56(44-20-8-3-9-21-44)45-29-31-49-48-22-12-13-23-53(48)57-54(49)36-45/h1-36H. The fourth-order valence-corrected chi connectivity index (χ4v) is 9.59. The van der Waals surface area contributed by atoms with Gasteiger partial charge in [0.25, 0.3) is 0 Å². The predicted molar refractivity (Wildman–Crippen MR) is 247 cm³/mol. The zero-order valence-corrected chi connectivity index (χ0v) is 31.9. The van der Waals surface area contributed by atoms with Crippen LogP contribution in [0.1, 0.15) is 0 Å². The number of para-hydroxylation sites is 3. The normalized spacial score (nSPS) is 11.5. The van der Waals surface area contributed by atoms with Crippen molar-refractivity contribution in [1.82, 2.24) is 0 Å². The van der Waals surface area contributed by atoms with Crippen molar-refractivity contribution in [2.45, 2.75) is 0 Å². The van der Waals surface area contributed by atoms with Gasteiger partial charge in [0.1, 0.15) is 0 Å². The summed E-state index contributed by atoms with van der Waals surface area (Å²) < 4.78 is 2.58. The zero-order chi connectivity index (χ0) is 37.7. The van der Waals surface area contributed by atoms with E-state index in [9.17, 15) is 0 Å². The molecule has 1 heterocycles. The summed E-state index contributed by atoms with van der Waals surface area (Å²) in [5.41, 5.74) is 9.04. The fraction of sp³-hybridized carbons (Fsp3) is 0. The highest BCUT2D eigenvalue weighted by molar-refractivity contribution is 7.25. The van der Waals surface area contributed by atoms with Gasteiger partial charge in [-0.1, -0.05) is 140 Å². The van der Waals surface area contributed by atoms with Crippen molar-refractivity contribution in [3.63, 3.8) is 0 Å². The summed E-state index contributed by atoms with van der Waals surface area (Å²) in [5, 5.41) is 9.89. The predicted octanol–water partition coefficient (Wildman–Crippen LogP) is 16.1. The van der Waals surface area contributed by atoms with E-state index in [0.717, 1.165) is 34.1 Å². The van der Waals surface area contributed by atoms with Crippen molar-refractivity contribution in [3.05, 3.63) is 218 Å². The van der Waals surface area contributed by atoms with Crippen LogP contribution in [-0.4, -0.2) is 0 Å². The highest BCUT2D eigenvalue weighted by atomic mass is 32.1. The summed E-state index contributed by atoms with van der Waals surface area (Å²) >= 11 is 1.86. The molecule has 0 bridgehead atoms. The molecule has 11 rings (SSSR count). The zero-order valence-electron chi connectivity index (χ0n) is 31.1. The number of hydrogen-bond acceptors (Lipinski definition) is 3. The molecule has 0 spiro atoms. The molecule has 3 heteroatoms. The summed E-state index contributed by atoms with van der Waals surface area (Å²) in [7, 11) is 0. The van der Waals surface area contributed by atoms with E-state index >= 15 is 0 Å². The Morgan fingerprint density at radius 2 is 0.825 bits per heavy atom. The van der Waals surface area contributed by atoms with Gasteiger partial charge in [0.2, 0.25) is 0 Å². The van der Waals surface area contributed by atoms with Crippen LogP contribution in [0.2, 0.25) is 0 Å². The minimum absolute atomic E-state index is 1.09. The first-order chi connectivity index (χ1) is 28.2. The highest BCUT2D eigenvalue weighted by Crippen LogP contribution is 2.47. The maximum absolute atomic E-state index is 2.45. The van der Waals surface area contributed by atoms with Crippen LogP contribution in [0.4, 0.5) is 34.1 Å². The number of anilines is 6. The molecule has 2 nitrogen and oxygen atoms in total. The molecular formula is C54H36N2S. The molecule has 0 aliphatic carbocycles. The molecule has 0 fully saturated rings. The molecule has 0 N–H and O–H groups in total. The molecule has 0 amide bonds. The maximum Gasteiger partial charge on any atom is 0.0561 e.